The molecule has 0 bridgehead atoms. The third-order valence-corrected chi connectivity index (χ3v) is 2.38. The Bertz CT molecular complexity index is 250. The molecule has 0 saturated heterocycles. The Morgan fingerprint density at radius 3 is 2.11 bits per heavy atom. The summed E-state index contributed by atoms with van der Waals surface area (Å²) < 4.78 is 4.60. The van der Waals surface area contributed by atoms with Gasteiger partial charge in [-0.2, -0.15) is 0 Å². The second kappa shape index (κ2) is 8.35. The van der Waals surface area contributed by atoms with E-state index in [0.29, 0.717) is 0 Å². The zero-order valence-corrected chi connectivity index (χ0v) is 10.4. The summed E-state index contributed by atoms with van der Waals surface area (Å²) in [6.07, 6.45) is -5.87. The van der Waals surface area contributed by atoms with Gasteiger partial charge in [-0.05, 0) is 7.05 Å². The number of hydrogen-bond donors (Lipinski definition) is 5. The van der Waals surface area contributed by atoms with Gasteiger partial charge in [0.25, 0.3) is 0 Å². The van der Waals surface area contributed by atoms with Crippen LogP contribution in [0.1, 0.15) is 0 Å². The molecular formula is C10H21NO7. The van der Waals surface area contributed by atoms with E-state index in [9.17, 15) is 25.2 Å². The Morgan fingerprint density at radius 1 is 1.17 bits per heavy atom. The van der Waals surface area contributed by atoms with Gasteiger partial charge < -0.3 is 30.3 Å². The first-order chi connectivity index (χ1) is 8.29. The molecule has 0 aliphatic rings. The van der Waals surface area contributed by atoms with Gasteiger partial charge in [-0.1, -0.05) is 0 Å². The third-order valence-electron chi connectivity index (χ3n) is 2.38. The van der Waals surface area contributed by atoms with Gasteiger partial charge in [0.2, 0.25) is 0 Å². The maximum Gasteiger partial charge on any atom is 0.317 e. The first-order valence-electron chi connectivity index (χ1n) is 5.41. The van der Waals surface area contributed by atoms with Crippen molar-refractivity contribution in [1.29, 1.82) is 0 Å². The van der Waals surface area contributed by atoms with Crippen LogP contribution in [0.2, 0.25) is 0 Å². The van der Waals surface area contributed by atoms with Gasteiger partial charge in [0.15, 0.2) is 0 Å². The molecular weight excluding hydrogens is 246 g/mol. The molecule has 0 fully saturated rings. The highest BCUT2D eigenvalue weighted by Gasteiger charge is 2.31. The summed E-state index contributed by atoms with van der Waals surface area (Å²) in [6.45, 7) is -0.638. The highest BCUT2D eigenvalue weighted by Crippen LogP contribution is 2.06. The van der Waals surface area contributed by atoms with E-state index in [1.807, 2.05) is 0 Å². The maximum atomic E-state index is 10.4. The van der Waals surface area contributed by atoms with Crippen LogP contribution in [0.5, 0.6) is 0 Å². The number of carboxylic acid groups (broad SMARTS) is 1. The molecule has 0 aliphatic carbocycles. The average Bonchev–Trinajstić information content (AvgIpc) is 2.25. The van der Waals surface area contributed by atoms with E-state index >= 15 is 0 Å². The summed E-state index contributed by atoms with van der Waals surface area (Å²) in [7, 11) is 2.77. The number of aliphatic hydroxyl groups excluding tert-OH is 4. The predicted octanol–water partition coefficient (Wildman–Crippen LogP) is -2.91. The second-order valence-corrected chi connectivity index (χ2v) is 4.16. The lowest BCUT2D eigenvalue weighted by atomic mass is 10.0. The minimum absolute atomic E-state index is 0.149. The van der Waals surface area contributed by atoms with Crippen molar-refractivity contribution in [2.45, 2.75) is 24.4 Å². The zero-order chi connectivity index (χ0) is 14.3. The van der Waals surface area contributed by atoms with Crippen LogP contribution in [0.3, 0.4) is 0 Å². The molecule has 2 unspecified atom stereocenters. The normalized spacial score (nSPS) is 18.4. The number of hydrogen-bond acceptors (Lipinski definition) is 7. The van der Waals surface area contributed by atoms with Crippen LogP contribution in [0.4, 0.5) is 0 Å². The summed E-state index contributed by atoms with van der Waals surface area (Å²) in [4.78, 5) is 11.7. The van der Waals surface area contributed by atoms with Crippen molar-refractivity contribution in [1.82, 2.24) is 4.90 Å². The minimum atomic E-state index is -1.59. The van der Waals surface area contributed by atoms with Crippen LogP contribution in [0, 0.1) is 0 Å². The van der Waals surface area contributed by atoms with Crippen molar-refractivity contribution in [2.24, 2.45) is 0 Å². The van der Waals surface area contributed by atoms with Gasteiger partial charge in [0, 0.05) is 13.7 Å². The Kier molecular flexibility index (Phi) is 8.00. The fourth-order valence-corrected chi connectivity index (χ4v) is 1.45. The van der Waals surface area contributed by atoms with Crippen molar-refractivity contribution in [3.8, 4) is 0 Å². The Labute approximate surface area is 105 Å². The molecule has 8 nitrogen and oxygen atoms in total. The summed E-state index contributed by atoms with van der Waals surface area (Å²) in [5.74, 6) is -1.07. The van der Waals surface area contributed by atoms with Gasteiger partial charge in [0.05, 0.1) is 19.3 Å². The monoisotopic (exact) mass is 267 g/mol. The molecule has 0 heterocycles. The van der Waals surface area contributed by atoms with Crippen molar-refractivity contribution in [3.63, 3.8) is 0 Å². The molecule has 0 amide bonds. The number of methoxy groups -OCH3 is 1. The first kappa shape index (κ1) is 17.2. The molecule has 0 rings (SSSR count). The molecule has 0 aliphatic heterocycles. The van der Waals surface area contributed by atoms with Gasteiger partial charge >= 0.3 is 5.97 Å². The largest absolute Gasteiger partial charge is 0.480 e. The number of carbonyl (C=O) groups is 1. The van der Waals surface area contributed by atoms with E-state index in [0.717, 1.165) is 0 Å². The van der Waals surface area contributed by atoms with E-state index in [4.69, 9.17) is 5.11 Å². The van der Waals surface area contributed by atoms with Crippen LogP contribution >= 0.6 is 0 Å². The zero-order valence-electron chi connectivity index (χ0n) is 10.4. The second-order valence-electron chi connectivity index (χ2n) is 4.16. The molecule has 5 N–H and O–H groups in total. The molecule has 18 heavy (non-hydrogen) atoms. The lowest BCUT2D eigenvalue weighted by molar-refractivity contribution is -0.140. The van der Waals surface area contributed by atoms with Gasteiger partial charge in [0.1, 0.15) is 18.3 Å². The van der Waals surface area contributed by atoms with Crippen molar-refractivity contribution in [2.75, 3.05) is 33.9 Å². The quantitative estimate of drug-likeness (QED) is 0.300. The van der Waals surface area contributed by atoms with Crippen LogP contribution < -0.4 is 0 Å². The van der Waals surface area contributed by atoms with Gasteiger partial charge in [-0.15, -0.1) is 0 Å². The standard InChI is InChI=1S/C10H21NO7/c1-11(4-8(14)15)3-6(12)9(16)10(17)7(13)5-18-2/h6-7,9-10,12-13,16-17H,3-5H2,1-2H3,(H,14,15)/t6?,7?,9-,10-/m1/s1. The summed E-state index contributed by atoms with van der Waals surface area (Å²) in [5.41, 5.74) is 0. The molecule has 0 spiro atoms. The molecule has 0 aromatic heterocycles. The van der Waals surface area contributed by atoms with E-state index in [-0.39, 0.29) is 19.7 Å². The van der Waals surface area contributed by atoms with Gasteiger partial charge in [-0.3, -0.25) is 9.69 Å². The number of aliphatic hydroxyl groups is 4. The van der Waals surface area contributed by atoms with Crippen LogP contribution in [-0.4, -0.2) is 94.7 Å². The summed E-state index contributed by atoms with van der Waals surface area (Å²) in [5, 5.41) is 46.6. The molecule has 0 aromatic rings. The van der Waals surface area contributed by atoms with Gasteiger partial charge in [-0.25, -0.2) is 0 Å². The fourth-order valence-electron chi connectivity index (χ4n) is 1.45. The first-order valence-corrected chi connectivity index (χ1v) is 5.41. The Balaban J connectivity index is 4.23. The van der Waals surface area contributed by atoms with Crippen molar-refractivity contribution >= 4 is 5.97 Å². The number of ether oxygens (including phenoxy) is 1. The minimum Gasteiger partial charge on any atom is -0.480 e. The van der Waals surface area contributed by atoms with Crippen molar-refractivity contribution < 1.29 is 35.1 Å². The van der Waals surface area contributed by atoms with Crippen LogP contribution in [0.25, 0.3) is 0 Å². The number of rotatable bonds is 9. The number of nitrogens with zero attached hydrogens (tertiary/aromatic N) is 1. The lowest BCUT2D eigenvalue weighted by Crippen LogP contribution is -2.49. The smallest absolute Gasteiger partial charge is 0.317 e. The number of aliphatic carboxylic acids is 1. The Morgan fingerprint density at radius 2 is 1.67 bits per heavy atom. The van der Waals surface area contributed by atoms with E-state index < -0.39 is 30.4 Å². The van der Waals surface area contributed by atoms with E-state index in [1.165, 1.54) is 19.1 Å². The predicted molar refractivity (Wildman–Crippen MR) is 61.0 cm³/mol. The molecule has 4 atom stereocenters. The highest BCUT2D eigenvalue weighted by atomic mass is 16.5. The summed E-state index contributed by atoms with van der Waals surface area (Å²) >= 11 is 0. The molecule has 0 aromatic carbocycles. The molecule has 0 radical (unpaired) electrons. The lowest BCUT2D eigenvalue weighted by Gasteiger charge is -2.28. The van der Waals surface area contributed by atoms with Crippen LogP contribution in [0.15, 0.2) is 0 Å². The van der Waals surface area contributed by atoms with E-state index in [2.05, 4.69) is 4.74 Å². The topological polar surface area (TPSA) is 131 Å². The van der Waals surface area contributed by atoms with E-state index in [1.54, 1.807) is 0 Å². The number of carboxylic acids is 1. The number of likely N-dealkylation sites (N-methyl/N-ethyl adjacent to an activating group) is 1. The maximum absolute atomic E-state index is 10.4. The highest BCUT2D eigenvalue weighted by molar-refractivity contribution is 5.68. The molecule has 8 heteroatoms. The average molecular weight is 267 g/mol. The molecule has 0 saturated carbocycles. The van der Waals surface area contributed by atoms with Crippen molar-refractivity contribution in [3.05, 3.63) is 0 Å². The third kappa shape index (κ3) is 6.24. The van der Waals surface area contributed by atoms with Crippen LogP contribution in [-0.2, 0) is 9.53 Å². The Hall–Kier alpha value is -0.770. The summed E-state index contributed by atoms with van der Waals surface area (Å²) in [6, 6.07) is 0. The fraction of sp³-hybridized carbons (Fsp3) is 0.900. The molecule has 108 valence electrons. The SMILES string of the molecule is COCC(O)[C@@H](O)[C@H](O)C(O)CN(C)CC(=O)O.